The van der Waals surface area contributed by atoms with Gasteiger partial charge in [-0.1, -0.05) is 53.2 Å². The molecule has 0 aromatic rings. The molecule has 37 atom stereocenters. The molecule has 11 rings (SSSR count). The molecule has 5 aliphatic carbocycles. The fraction of sp³-hybridized carbons (Fsp3) is 0.952. The van der Waals surface area contributed by atoms with Crippen LogP contribution in [0.25, 0.3) is 0 Å². The van der Waals surface area contributed by atoms with Gasteiger partial charge >= 0.3 is 5.97 Å². The second-order valence-electron chi connectivity index (χ2n) is 30.5. The minimum Gasteiger partial charge on any atom is -0.432 e. The number of fused-ring (bicyclic) bond motifs is 7. The molecule has 10 fully saturated rings. The zero-order chi connectivity index (χ0) is 67.7. The maximum absolute atomic E-state index is 15.5. The van der Waals surface area contributed by atoms with Gasteiger partial charge in [-0.25, -0.2) is 0 Å². The van der Waals surface area contributed by atoms with Gasteiger partial charge in [0.05, 0.1) is 62.9 Å². The van der Waals surface area contributed by atoms with E-state index in [4.69, 9.17) is 56.8 Å². The molecule has 6 saturated heterocycles. The molecular weight excluding hydrogens is 1240 g/mol. The monoisotopic (exact) mass is 1340 g/mol. The molecule has 0 spiro atoms. The van der Waals surface area contributed by atoms with E-state index in [9.17, 15) is 86.8 Å². The van der Waals surface area contributed by atoms with Gasteiger partial charge in [-0.3, -0.25) is 4.79 Å². The number of ether oxygens (including phenoxy) is 12. The van der Waals surface area contributed by atoms with Crippen LogP contribution in [0.1, 0.15) is 113 Å². The van der Waals surface area contributed by atoms with Gasteiger partial charge in [0.1, 0.15) is 110 Å². The van der Waals surface area contributed by atoms with Crippen LogP contribution in [0.4, 0.5) is 0 Å². The van der Waals surface area contributed by atoms with Gasteiger partial charge in [0, 0.05) is 5.41 Å². The number of esters is 1. The average Bonchev–Trinajstić information content (AvgIpc) is 0.674. The summed E-state index contributed by atoms with van der Waals surface area (Å²) in [6, 6.07) is 0. The summed E-state index contributed by atoms with van der Waals surface area (Å²) in [5.41, 5.74) is -2.99. The molecule has 93 heavy (non-hydrogen) atoms. The molecule has 6 aliphatic heterocycles. The predicted octanol–water partition coefficient (Wildman–Crippen LogP) is -4.47. The Morgan fingerprint density at radius 2 is 1.04 bits per heavy atom. The van der Waals surface area contributed by atoms with E-state index in [-0.39, 0.29) is 29.6 Å². The highest BCUT2D eigenvalue weighted by molar-refractivity contribution is 5.79. The van der Waals surface area contributed by atoms with Crippen molar-refractivity contribution in [3.63, 3.8) is 0 Å². The highest BCUT2D eigenvalue weighted by Gasteiger charge is 2.72. The first kappa shape index (κ1) is 72.3. The van der Waals surface area contributed by atoms with E-state index in [1.54, 1.807) is 0 Å². The summed E-state index contributed by atoms with van der Waals surface area (Å²) in [6.45, 7) is 13.2. The van der Waals surface area contributed by atoms with Crippen molar-refractivity contribution >= 4 is 5.97 Å². The lowest BCUT2D eigenvalue weighted by Crippen LogP contribution is -2.70. The van der Waals surface area contributed by atoms with Crippen LogP contribution >= 0.6 is 0 Å². The van der Waals surface area contributed by atoms with E-state index in [1.807, 2.05) is 6.92 Å². The highest BCUT2D eigenvalue weighted by Crippen LogP contribution is 2.76. The zero-order valence-corrected chi connectivity index (χ0v) is 53.9. The number of aliphatic hydroxyl groups is 17. The highest BCUT2D eigenvalue weighted by atomic mass is 16.8. The van der Waals surface area contributed by atoms with Crippen molar-refractivity contribution in [3.8, 4) is 0 Å². The molecule has 17 N–H and O–H groups in total. The topological polar surface area (TPSA) is 472 Å². The van der Waals surface area contributed by atoms with Crippen molar-refractivity contribution in [1.29, 1.82) is 0 Å². The minimum absolute atomic E-state index is 0.0839. The summed E-state index contributed by atoms with van der Waals surface area (Å²) in [4.78, 5) is 15.5. The maximum Gasteiger partial charge on any atom is 0.315 e. The molecule has 11 aliphatic rings. The van der Waals surface area contributed by atoms with Gasteiger partial charge in [-0.2, -0.15) is 0 Å². The van der Waals surface area contributed by atoms with Crippen LogP contribution < -0.4 is 0 Å². The Hall–Kier alpha value is -1.91. The fourth-order valence-electron chi connectivity index (χ4n) is 18.7. The number of hydrogen-bond donors (Lipinski definition) is 17. The van der Waals surface area contributed by atoms with E-state index in [1.165, 1.54) is 13.8 Å². The largest absolute Gasteiger partial charge is 0.432 e. The van der Waals surface area contributed by atoms with Crippen molar-refractivity contribution in [2.24, 2.45) is 50.2 Å². The molecular formula is C63H102O30. The van der Waals surface area contributed by atoms with Gasteiger partial charge in [0.15, 0.2) is 37.6 Å². The van der Waals surface area contributed by atoms with E-state index in [0.717, 1.165) is 5.57 Å². The second-order valence-corrected chi connectivity index (χ2v) is 30.5. The third-order valence-corrected chi connectivity index (χ3v) is 24.5. The first-order chi connectivity index (χ1) is 43.6. The van der Waals surface area contributed by atoms with E-state index in [0.29, 0.717) is 51.4 Å². The molecule has 30 heteroatoms. The van der Waals surface area contributed by atoms with Crippen LogP contribution in [0, 0.1) is 50.2 Å². The van der Waals surface area contributed by atoms with Crippen LogP contribution in [0.5, 0.6) is 0 Å². The maximum atomic E-state index is 15.5. The van der Waals surface area contributed by atoms with Gasteiger partial charge < -0.3 is 144 Å². The number of carbonyl (C=O) groups is 1. The molecule has 30 nitrogen and oxygen atoms in total. The van der Waals surface area contributed by atoms with Crippen molar-refractivity contribution in [1.82, 2.24) is 0 Å². The SMILES string of the molecule is C[C@@H]1O[C@@H](O[C@@H]2[C@@H](O)[C@H](O[C@@H]3[C@@H](O)[C@@H](O)[C@H](O[C@H]4[C@H](OC(=O)[C@]56CCC(C)(C)C[C@H]5C5=CC[C@H]7[C@@]8(C)C[C@H](O)[C@H](O[C@@H]9O[C@H](CO)[C@@H](O)[C@H](O[C@@H]%10OC[C@@H](O)[C@H](O)[C@H]%10O)[C@H]9O)[C@@](C)(CO)[C@H]8CC[C@@]7(C)[C@]5(C)CC6)OC[C@H](O)[C@H]4O)O[C@H]3C)OC[C@H]2O)[C@H](O)[C@H](O)[C@H]1O. The molecule has 0 bridgehead atoms. The number of aliphatic hydroxyl groups excluding tert-OH is 17. The Morgan fingerprint density at radius 3 is 1.71 bits per heavy atom. The van der Waals surface area contributed by atoms with E-state index >= 15 is 4.79 Å². The molecule has 534 valence electrons. The molecule has 6 heterocycles. The van der Waals surface area contributed by atoms with E-state index < -0.39 is 244 Å². The smallest absolute Gasteiger partial charge is 0.315 e. The van der Waals surface area contributed by atoms with Crippen molar-refractivity contribution < 1.29 is 148 Å². The summed E-state index contributed by atoms with van der Waals surface area (Å²) in [6.07, 6.45) is -39.1. The molecule has 0 aromatic heterocycles. The lowest BCUT2D eigenvalue weighted by Gasteiger charge is -2.72. The Labute approximate surface area is 539 Å². The van der Waals surface area contributed by atoms with Crippen molar-refractivity contribution in [2.75, 3.05) is 33.0 Å². The van der Waals surface area contributed by atoms with Crippen molar-refractivity contribution in [3.05, 3.63) is 11.6 Å². The lowest BCUT2D eigenvalue weighted by atomic mass is 9.33. The Kier molecular flexibility index (Phi) is 20.9. The zero-order valence-electron chi connectivity index (χ0n) is 53.9. The number of allylic oxidation sites excluding steroid dienone is 2. The Morgan fingerprint density at radius 1 is 0.495 bits per heavy atom. The van der Waals surface area contributed by atoms with Crippen LogP contribution in [0.15, 0.2) is 11.6 Å². The van der Waals surface area contributed by atoms with Gasteiger partial charge in [0.2, 0.25) is 6.29 Å². The summed E-state index contributed by atoms with van der Waals surface area (Å²) in [5, 5.41) is 187. The summed E-state index contributed by atoms with van der Waals surface area (Å²) < 4.78 is 71.0. The van der Waals surface area contributed by atoms with Crippen LogP contribution in [0.3, 0.4) is 0 Å². The lowest BCUT2D eigenvalue weighted by molar-refractivity contribution is -0.377. The fourth-order valence-corrected chi connectivity index (χ4v) is 18.7. The molecule has 0 unspecified atom stereocenters. The third kappa shape index (κ3) is 12.3. The Balaban J connectivity index is 0.784. The predicted molar refractivity (Wildman–Crippen MR) is 310 cm³/mol. The van der Waals surface area contributed by atoms with Crippen LogP contribution in [0.2, 0.25) is 0 Å². The van der Waals surface area contributed by atoms with Crippen LogP contribution in [-0.2, 0) is 61.6 Å². The number of carbonyl (C=O) groups excluding carboxylic acids is 1. The average molecular weight is 1340 g/mol. The summed E-state index contributed by atoms with van der Waals surface area (Å²) in [7, 11) is 0. The van der Waals surface area contributed by atoms with Crippen molar-refractivity contribution in [2.45, 2.75) is 291 Å². The quantitative estimate of drug-likeness (QED) is 0.0443. The van der Waals surface area contributed by atoms with Gasteiger partial charge in [0.25, 0.3) is 0 Å². The summed E-state index contributed by atoms with van der Waals surface area (Å²) >= 11 is 0. The van der Waals surface area contributed by atoms with Crippen LogP contribution in [-0.4, -0.2) is 304 Å². The number of hydrogen-bond acceptors (Lipinski definition) is 30. The van der Waals surface area contributed by atoms with Gasteiger partial charge in [-0.05, 0) is 111 Å². The molecule has 4 saturated carbocycles. The first-order valence-electron chi connectivity index (χ1n) is 33.0. The minimum atomic E-state index is -1.96. The van der Waals surface area contributed by atoms with Gasteiger partial charge in [-0.15, -0.1) is 0 Å². The molecule has 0 aromatic carbocycles. The second kappa shape index (κ2) is 26.9. The summed E-state index contributed by atoms with van der Waals surface area (Å²) in [5.74, 6) is -1.33. The Bertz CT molecular complexity index is 2630. The number of rotatable bonds is 14. The standard InChI is InChI=1S/C63H102O30/c1-24-35(70)39(74)42(77)53(85-24)89-47-31(69)22-83-52(44(47)79)88-46-25(2)86-54(43(78)40(46)75)91-49-37(72)30(68)21-84-56(49)93-57(81)63-15-13-58(3,4)17-27(63)26-9-10-34-59(5)18-28(66)50(60(6,23-65)33(59)11-12-62(34,8)61(26,7)14-16-63)92-55-45(80)48(38(73)32(19-64)87-55)90-51-41(76)36(71)29(67)20-82-51/h9,24-25,27-56,64-80H,10-23H2,1-8H3/t24-,25-,27-,28-,29+,30-,31+,32+,33-,34-,35-,36-,37+,38+,39+,40-,41+,42+,43+,44+,45+,46-,47-,48-,49+,50-,51-,52-,53-,54-,55-,56-,59-,60-,61+,62+,63-/m0/s1. The molecule has 0 amide bonds. The third-order valence-electron chi connectivity index (χ3n) is 24.5. The van der Waals surface area contributed by atoms with E-state index in [2.05, 4.69) is 40.7 Å². The normalized spacial score (nSPS) is 55.7. The first-order valence-corrected chi connectivity index (χ1v) is 33.0. The molecule has 0 radical (unpaired) electrons.